The summed E-state index contributed by atoms with van der Waals surface area (Å²) in [5.74, 6) is -6.17. The fourth-order valence-electron chi connectivity index (χ4n) is 7.33. The Hall–Kier alpha value is -3.41. The highest BCUT2D eigenvalue weighted by Crippen LogP contribution is 2.54. The average molecular weight is 556 g/mol. The number of hydrogen-bond acceptors (Lipinski definition) is 10. The van der Waals surface area contributed by atoms with E-state index in [-0.39, 0.29) is 35.8 Å². The van der Waals surface area contributed by atoms with Crippen molar-refractivity contribution in [1.82, 2.24) is 10.2 Å². The second-order valence-electron chi connectivity index (χ2n) is 11.1. The number of amides is 1. The lowest BCUT2D eigenvalue weighted by atomic mass is 9.57. The van der Waals surface area contributed by atoms with E-state index in [9.17, 15) is 34.8 Å². The molecule has 11 nitrogen and oxygen atoms in total. The van der Waals surface area contributed by atoms with Crippen LogP contribution in [0.25, 0.3) is 5.76 Å². The Morgan fingerprint density at radius 2 is 1.98 bits per heavy atom. The minimum atomic E-state index is -2.66. The van der Waals surface area contributed by atoms with E-state index in [1.807, 2.05) is 6.92 Å². The number of methoxy groups -OCH3 is 1. The molecule has 1 aromatic carbocycles. The normalized spacial score (nSPS) is 30.3. The van der Waals surface area contributed by atoms with E-state index in [0.29, 0.717) is 24.3 Å². The van der Waals surface area contributed by atoms with E-state index in [4.69, 9.17) is 10.5 Å². The molecule has 1 amide bonds. The van der Waals surface area contributed by atoms with E-state index in [1.165, 1.54) is 7.11 Å². The number of likely N-dealkylation sites (tertiary alicyclic amines) is 1. The first-order valence-electron chi connectivity index (χ1n) is 13.9. The van der Waals surface area contributed by atoms with Gasteiger partial charge >= 0.3 is 0 Å². The predicted octanol–water partition coefficient (Wildman–Crippen LogP) is 1.57. The van der Waals surface area contributed by atoms with Gasteiger partial charge in [-0.1, -0.05) is 13.8 Å². The van der Waals surface area contributed by atoms with Gasteiger partial charge < -0.3 is 36.2 Å². The standard InChI is InChI=1S/C29H37N3O8/c1-4-8-31-22-16-11-13-10-15-20(18(33)12-14(25(15)40-3)17-7-6-9-32(17)5-2)23(34)19(13)26(36)29(16,39)27(37)21(24(22)35)28(30)38/h12-13,16-17,22,31,33-34,37,39H,4-11H2,1-3H3,(H2,30,38)/t13-,16-,17-,22-,29-/m0/s1. The van der Waals surface area contributed by atoms with Crippen molar-refractivity contribution in [3.8, 4) is 11.5 Å². The Kier molecular flexibility index (Phi) is 7.18. The Labute approximate surface area is 232 Å². The smallest absolute Gasteiger partial charge is 0.255 e. The number of nitrogens with zero attached hydrogens (tertiary/aromatic N) is 1. The van der Waals surface area contributed by atoms with Gasteiger partial charge in [0.15, 0.2) is 11.4 Å². The fraction of sp³-hybridized carbons (Fsp3) is 0.552. The molecule has 11 heteroatoms. The molecule has 0 bridgehead atoms. The Morgan fingerprint density at radius 1 is 1.25 bits per heavy atom. The van der Waals surface area contributed by atoms with E-state index < -0.39 is 58.0 Å². The molecule has 1 heterocycles. The summed E-state index contributed by atoms with van der Waals surface area (Å²) in [5, 5.41) is 48.4. The predicted molar refractivity (Wildman–Crippen MR) is 145 cm³/mol. The summed E-state index contributed by atoms with van der Waals surface area (Å²) in [6.45, 7) is 6.03. The Balaban J connectivity index is 1.68. The Bertz CT molecular complexity index is 1350. The number of nitrogens with one attached hydrogen (secondary N) is 1. The van der Waals surface area contributed by atoms with Crippen molar-refractivity contribution in [1.29, 1.82) is 0 Å². The lowest BCUT2D eigenvalue weighted by Gasteiger charge is -2.49. The number of aliphatic hydroxyl groups excluding tert-OH is 2. The SMILES string of the molecule is CCCN[C@@H]1C(=O)C(C(N)=O)=C(O)[C@@]2(O)C(=O)C3=C(O)c4c(O)cc([C@@H]5CCCN5CC)c(OC)c4C[C@H]3C[C@@H]12. The summed E-state index contributed by atoms with van der Waals surface area (Å²) < 4.78 is 5.86. The van der Waals surface area contributed by atoms with Gasteiger partial charge in [0.05, 0.1) is 18.7 Å². The van der Waals surface area contributed by atoms with Gasteiger partial charge in [0.1, 0.15) is 28.6 Å². The zero-order valence-electron chi connectivity index (χ0n) is 23.0. The number of phenolic OH excluding ortho intramolecular Hbond substituents is 1. The van der Waals surface area contributed by atoms with Crippen LogP contribution in [0.5, 0.6) is 11.5 Å². The molecule has 1 saturated heterocycles. The first-order valence-corrected chi connectivity index (χ1v) is 13.9. The molecule has 7 N–H and O–H groups in total. The lowest BCUT2D eigenvalue weighted by molar-refractivity contribution is -0.150. The minimum Gasteiger partial charge on any atom is -0.508 e. The van der Waals surface area contributed by atoms with Gasteiger partial charge in [0.25, 0.3) is 5.91 Å². The molecular weight excluding hydrogens is 518 g/mol. The number of carbonyl (C=O) groups excluding carboxylic acids is 3. The summed E-state index contributed by atoms with van der Waals surface area (Å²) in [5.41, 5.74) is 3.10. The van der Waals surface area contributed by atoms with Crippen molar-refractivity contribution in [2.24, 2.45) is 17.6 Å². The summed E-state index contributed by atoms with van der Waals surface area (Å²) >= 11 is 0. The first-order chi connectivity index (χ1) is 19.0. The number of primary amides is 1. The third-order valence-corrected chi connectivity index (χ3v) is 9.13. The van der Waals surface area contributed by atoms with Crippen molar-refractivity contribution in [2.75, 3.05) is 26.7 Å². The van der Waals surface area contributed by atoms with Crippen LogP contribution in [0.1, 0.15) is 62.3 Å². The summed E-state index contributed by atoms with van der Waals surface area (Å²) in [7, 11) is 1.53. The molecule has 1 aliphatic heterocycles. The van der Waals surface area contributed by atoms with Crippen molar-refractivity contribution in [3.63, 3.8) is 0 Å². The van der Waals surface area contributed by atoms with Crippen molar-refractivity contribution >= 4 is 23.2 Å². The highest BCUT2D eigenvalue weighted by Gasteiger charge is 2.63. The van der Waals surface area contributed by atoms with Crippen LogP contribution in [0.4, 0.5) is 0 Å². The molecule has 1 saturated carbocycles. The molecule has 5 rings (SSSR count). The van der Waals surface area contributed by atoms with Gasteiger partial charge in [-0.15, -0.1) is 0 Å². The molecule has 0 radical (unpaired) electrons. The van der Waals surface area contributed by atoms with Gasteiger partial charge in [0.2, 0.25) is 5.78 Å². The van der Waals surface area contributed by atoms with Crippen LogP contribution in [0.3, 0.4) is 0 Å². The molecule has 0 spiro atoms. The summed E-state index contributed by atoms with van der Waals surface area (Å²) in [6.07, 6.45) is 2.73. The zero-order valence-corrected chi connectivity index (χ0v) is 23.0. The number of hydrogen-bond donors (Lipinski definition) is 6. The number of ether oxygens (including phenoxy) is 1. The number of fused-ring (bicyclic) bond motifs is 3. The van der Waals surface area contributed by atoms with Gasteiger partial charge in [-0.05, 0) is 63.7 Å². The highest BCUT2D eigenvalue weighted by molar-refractivity contribution is 6.24. The van der Waals surface area contributed by atoms with Gasteiger partial charge in [-0.25, -0.2) is 0 Å². The van der Waals surface area contributed by atoms with Gasteiger partial charge in [-0.3, -0.25) is 19.3 Å². The van der Waals surface area contributed by atoms with Crippen molar-refractivity contribution < 1.29 is 39.5 Å². The maximum atomic E-state index is 14.0. The maximum Gasteiger partial charge on any atom is 0.255 e. The summed E-state index contributed by atoms with van der Waals surface area (Å²) in [6, 6.07) is 0.426. The average Bonchev–Trinajstić information content (AvgIpc) is 3.39. The van der Waals surface area contributed by atoms with Crippen LogP contribution >= 0.6 is 0 Å². The van der Waals surface area contributed by atoms with Crippen LogP contribution in [0, 0.1) is 11.8 Å². The minimum absolute atomic E-state index is 0.0228. The fourth-order valence-corrected chi connectivity index (χ4v) is 7.33. The van der Waals surface area contributed by atoms with Crippen LogP contribution in [-0.4, -0.2) is 81.2 Å². The zero-order chi connectivity index (χ0) is 29.1. The third kappa shape index (κ3) is 3.86. The van der Waals surface area contributed by atoms with E-state index in [1.54, 1.807) is 6.07 Å². The summed E-state index contributed by atoms with van der Waals surface area (Å²) in [4.78, 5) is 41.7. The molecule has 1 aromatic rings. The number of aromatic hydroxyl groups is 1. The maximum absolute atomic E-state index is 14.0. The second-order valence-corrected chi connectivity index (χ2v) is 11.1. The quantitative estimate of drug-likeness (QED) is 0.270. The molecule has 2 fully saturated rings. The largest absolute Gasteiger partial charge is 0.508 e. The molecular formula is C29H37N3O8. The third-order valence-electron chi connectivity index (χ3n) is 9.13. The number of ketones is 2. The van der Waals surface area contributed by atoms with E-state index in [2.05, 4.69) is 17.1 Å². The van der Waals surface area contributed by atoms with Crippen LogP contribution in [0.2, 0.25) is 0 Å². The number of nitrogens with two attached hydrogens (primary N) is 1. The molecule has 216 valence electrons. The topological polar surface area (TPSA) is 183 Å². The van der Waals surface area contributed by atoms with Crippen molar-refractivity contribution in [2.45, 2.75) is 63.6 Å². The molecule has 0 aromatic heterocycles. The first kappa shape index (κ1) is 28.1. The van der Waals surface area contributed by atoms with Crippen LogP contribution in [0.15, 0.2) is 23.0 Å². The molecule has 3 aliphatic carbocycles. The number of Topliss-reactive ketones (excluding diaryl/α,β-unsaturated/α-hetero) is 2. The molecule has 4 aliphatic rings. The highest BCUT2D eigenvalue weighted by atomic mass is 16.5. The molecule has 0 unspecified atom stereocenters. The lowest BCUT2D eigenvalue weighted by Crippen LogP contribution is -2.66. The molecule has 40 heavy (non-hydrogen) atoms. The van der Waals surface area contributed by atoms with Crippen LogP contribution < -0.4 is 15.8 Å². The van der Waals surface area contributed by atoms with Crippen molar-refractivity contribution in [3.05, 3.63) is 39.7 Å². The molecule has 5 atom stereocenters. The van der Waals surface area contributed by atoms with E-state index >= 15 is 0 Å². The number of benzene rings is 1. The number of rotatable bonds is 7. The number of carbonyl (C=O) groups is 3. The van der Waals surface area contributed by atoms with Crippen LogP contribution in [-0.2, 0) is 20.8 Å². The Morgan fingerprint density at radius 3 is 2.60 bits per heavy atom. The number of phenols is 1. The second kappa shape index (κ2) is 10.2. The van der Waals surface area contributed by atoms with E-state index in [0.717, 1.165) is 31.5 Å². The monoisotopic (exact) mass is 555 g/mol. The number of aliphatic hydroxyl groups is 3. The van der Waals surface area contributed by atoms with Gasteiger partial charge in [-0.2, -0.15) is 0 Å². The van der Waals surface area contributed by atoms with Gasteiger partial charge in [0, 0.05) is 28.7 Å².